The average molecular weight is 275 g/mol. The Morgan fingerprint density at radius 3 is 2.70 bits per heavy atom. The number of hydrogen-bond acceptors (Lipinski definition) is 2. The van der Waals surface area contributed by atoms with Crippen LogP contribution in [0, 0.1) is 16.7 Å². The molecule has 0 amide bonds. The second-order valence-electron chi connectivity index (χ2n) is 8.11. The van der Waals surface area contributed by atoms with Gasteiger partial charge in [0.1, 0.15) is 0 Å². The Labute approximate surface area is 123 Å². The van der Waals surface area contributed by atoms with Crippen molar-refractivity contribution >= 4 is 0 Å². The minimum Gasteiger partial charge on any atom is -0.307 e. The van der Waals surface area contributed by atoms with E-state index in [1.165, 1.54) is 25.0 Å². The van der Waals surface area contributed by atoms with Crippen LogP contribution in [-0.4, -0.2) is 15.8 Å². The summed E-state index contributed by atoms with van der Waals surface area (Å²) in [6.07, 6.45) is 6.30. The van der Waals surface area contributed by atoms with E-state index in [1.807, 2.05) is 4.68 Å². The molecule has 112 valence electrons. The zero-order valence-electron chi connectivity index (χ0n) is 13.6. The second-order valence-corrected chi connectivity index (χ2v) is 8.11. The third kappa shape index (κ3) is 2.11. The first kappa shape index (κ1) is 14.1. The molecule has 3 rings (SSSR count). The van der Waals surface area contributed by atoms with Gasteiger partial charge in [-0.25, -0.2) is 0 Å². The maximum Gasteiger partial charge on any atom is 0.0762 e. The maximum absolute atomic E-state index is 4.66. The molecule has 3 nitrogen and oxygen atoms in total. The third-order valence-electron chi connectivity index (χ3n) is 5.95. The number of hydrogen-bond donors (Lipinski definition) is 1. The summed E-state index contributed by atoms with van der Waals surface area (Å²) in [6.45, 7) is 12.6. The molecule has 0 aliphatic heterocycles. The maximum atomic E-state index is 4.66. The molecule has 2 aliphatic carbocycles. The van der Waals surface area contributed by atoms with Gasteiger partial charge in [-0.2, -0.15) is 5.10 Å². The smallest absolute Gasteiger partial charge is 0.0762 e. The molecule has 1 aromatic rings. The van der Waals surface area contributed by atoms with Gasteiger partial charge in [-0.1, -0.05) is 20.8 Å². The van der Waals surface area contributed by atoms with Gasteiger partial charge < -0.3 is 5.32 Å². The Morgan fingerprint density at radius 2 is 2.15 bits per heavy atom. The standard InChI is InChI=1S/C17H29N3/c1-12(2)20-9-7-14(19-20)11-18-15-16(3,4)13-6-8-17(15,5)10-13/h7,9,12-13,15,18H,6,8,10-11H2,1-5H3. The molecular formula is C17H29N3. The molecule has 0 spiro atoms. The average Bonchev–Trinajstić information content (AvgIpc) is 2.99. The summed E-state index contributed by atoms with van der Waals surface area (Å²) in [5.41, 5.74) is 2.09. The third-order valence-corrected chi connectivity index (χ3v) is 5.95. The predicted octanol–water partition coefficient (Wildman–Crippen LogP) is 3.77. The molecular weight excluding hydrogens is 246 g/mol. The topological polar surface area (TPSA) is 29.9 Å². The molecule has 20 heavy (non-hydrogen) atoms. The molecule has 3 heteroatoms. The van der Waals surface area contributed by atoms with Crippen LogP contribution in [0.15, 0.2) is 12.3 Å². The van der Waals surface area contributed by atoms with Gasteiger partial charge in [-0.05, 0) is 55.9 Å². The summed E-state index contributed by atoms with van der Waals surface area (Å²) in [7, 11) is 0. The van der Waals surface area contributed by atoms with Crippen molar-refractivity contribution in [2.75, 3.05) is 0 Å². The highest BCUT2D eigenvalue weighted by atomic mass is 15.3. The van der Waals surface area contributed by atoms with E-state index in [4.69, 9.17) is 0 Å². The molecule has 3 unspecified atom stereocenters. The summed E-state index contributed by atoms with van der Waals surface area (Å²) in [6, 6.07) is 3.22. The first-order valence-electron chi connectivity index (χ1n) is 8.10. The van der Waals surface area contributed by atoms with Crippen molar-refractivity contribution in [1.82, 2.24) is 15.1 Å². The predicted molar refractivity (Wildman–Crippen MR) is 82.5 cm³/mol. The Balaban J connectivity index is 1.68. The van der Waals surface area contributed by atoms with Crippen molar-refractivity contribution in [2.45, 2.75) is 72.5 Å². The van der Waals surface area contributed by atoms with Crippen LogP contribution in [0.3, 0.4) is 0 Å². The number of fused-ring (bicyclic) bond motifs is 2. The van der Waals surface area contributed by atoms with Crippen molar-refractivity contribution < 1.29 is 0 Å². The summed E-state index contributed by atoms with van der Waals surface area (Å²) in [5.74, 6) is 0.901. The number of nitrogens with zero attached hydrogens (tertiary/aromatic N) is 2. The summed E-state index contributed by atoms with van der Waals surface area (Å²) in [5, 5.41) is 8.49. The van der Waals surface area contributed by atoms with Gasteiger partial charge in [0, 0.05) is 24.8 Å². The Hall–Kier alpha value is -0.830. The van der Waals surface area contributed by atoms with Crippen LogP contribution in [-0.2, 0) is 6.54 Å². The lowest BCUT2D eigenvalue weighted by atomic mass is 9.68. The normalized spacial score (nSPS) is 35.1. The first-order valence-corrected chi connectivity index (χ1v) is 8.10. The molecule has 2 bridgehead atoms. The van der Waals surface area contributed by atoms with Crippen molar-refractivity contribution in [3.8, 4) is 0 Å². The minimum absolute atomic E-state index is 0.424. The fourth-order valence-electron chi connectivity index (χ4n) is 4.78. The molecule has 2 saturated carbocycles. The van der Waals surface area contributed by atoms with Crippen LogP contribution in [0.5, 0.6) is 0 Å². The van der Waals surface area contributed by atoms with E-state index in [1.54, 1.807) is 0 Å². The lowest BCUT2D eigenvalue weighted by Crippen LogP contribution is -2.49. The van der Waals surface area contributed by atoms with E-state index in [9.17, 15) is 0 Å². The highest BCUT2D eigenvalue weighted by molar-refractivity contribution is 5.12. The lowest BCUT2D eigenvalue weighted by molar-refractivity contribution is 0.107. The Kier molecular flexibility index (Phi) is 3.24. The summed E-state index contributed by atoms with van der Waals surface area (Å²) >= 11 is 0. The monoisotopic (exact) mass is 275 g/mol. The van der Waals surface area contributed by atoms with Crippen molar-refractivity contribution in [3.05, 3.63) is 18.0 Å². The van der Waals surface area contributed by atoms with Crippen LogP contribution in [0.1, 0.15) is 65.6 Å². The van der Waals surface area contributed by atoms with E-state index < -0.39 is 0 Å². The van der Waals surface area contributed by atoms with Gasteiger partial charge >= 0.3 is 0 Å². The van der Waals surface area contributed by atoms with E-state index in [0.29, 0.717) is 22.9 Å². The summed E-state index contributed by atoms with van der Waals surface area (Å²) in [4.78, 5) is 0. The number of aromatic nitrogens is 2. The SMILES string of the molecule is CC(C)n1ccc(CNC2C3(C)CCC(C3)C2(C)C)n1. The Morgan fingerprint density at radius 1 is 1.40 bits per heavy atom. The molecule has 1 N–H and O–H groups in total. The molecule has 0 aromatic carbocycles. The van der Waals surface area contributed by atoms with Gasteiger partial charge in [0.25, 0.3) is 0 Å². The van der Waals surface area contributed by atoms with Crippen molar-refractivity contribution in [1.29, 1.82) is 0 Å². The molecule has 3 atom stereocenters. The zero-order chi connectivity index (χ0) is 14.5. The van der Waals surface area contributed by atoms with Crippen molar-refractivity contribution in [3.63, 3.8) is 0 Å². The molecule has 2 fully saturated rings. The molecule has 1 heterocycles. The van der Waals surface area contributed by atoms with Crippen LogP contribution in [0.4, 0.5) is 0 Å². The van der Waals surface area contributed by atoms with Gasteiger partial charge in [0.2, 0.25) is 0 Å². The highest BCUT2D eigenvalue weighted by Crippen LogP contribution is 2.62. The largest absolute Gasteiger partial charge is 0.307 e. The van der Waals surface area contributed by atoms with Gasteiger partial charge in [-0.15, -0.1) is 0 Å². The molecule has 0 radical (unpaired) electrons. The molecule has 1 aromatic heterocycles. The van der Waals surface area contributed by atoms with E-state index in [0.717, 1.165) is 12.5 Å². The van der Waals surface area contributed by atoms with Crippen LogP contribution in [0.2, 0.25) is 0 Å². The lowest BCUT2D eigenvalue weighted by Gasteiger charge is -2.43. The van der Waals surface area contributed by atoms with Gasteiger partial charge in [-0.3, -0.25) is 4.68 Å². The van der Waals surface area contributed by atoms with Gasteiger partial charge in [0.15, 0.2) is 0 Å². The fraction of sp³-hybridized carbons (Fsp3) is 0.824. The fourth-order valence-corrected chi connectivity index (χ4v) is 4.78. The van der Waals surface area contributed by atoms with Gasteiger partial charge in [0.05, 0.1) is 5.69 Å². The first-order chi connectivity index (χ1) is 9.33. The van der Waals surface area contributed by atoms with Crippen LogP contribution in [0.25, 0.3) is 0 Å². The highest BCUT2D eigenvalue weighted by Gasteiger charge is 2.58. The molecule has 2 aliphatic rings. The van der Waals surface area contributed by atoms with Crippen molar-refractivity contribution in [2.24, 2.45) is 16.7 Å². The van der Waals surface area contributed by atoms with E-state index >= 15 is 0 Å². The van der Waals surface area contributed by atoms with E-state index in [2.05, 4.69) is 57.3 Å². The number of rotatable bonds is 4. The van der Waals surface area contributed by atoms with E-state index in [-0.39, 0.29) is 0 Å². The van der Waals surface area contributed by atoms with Crippen LogP contribution >= 0.6 is 0 Å². The number of nitrogens with one attached hydrogen (secondary N) is 1. The van der Waals surface area contributed by atoms with Crippen LogP contribution < -0.4 is 5.32 Å². The zero-order valence-corrected chi connectivity index (χ0v) is 13.6. The second kappa shape index (κ2) is 4.59. The quantitative estimate of drug-likeness (QED) is 0.906. The Bertz CT molecular complexity index is 483. The summed E-state index contributed by atoms with van der Waals surface area (Å²) < 4.78 is 2.05. The minimum atomic E-state index is 0.424. The molecule has 0 saturated heterocycles.